The minimum Gasteiger partial charge on any atom is -0.493 e. The molecule has 0 bridgehead atoms. The number of amides is 1. The van der Waals surface area contributed by atoms with Gasteiger partial charge in [0.2, 0.25) is 0 Å². The molecule has 0 atom stereocenters. The van der Waals surface area contributed by atoms with Gasteiger partial charge in [-0.05, 0) is 42.5 Å². The maximum atomic E-state index is 12.8. The minimum absolute atomic E-state index is 0.0356. The summed E-state index contributed by atoms with van der Waals surface area (Å²) in [5, 5.41) is 0. The molecule has 0 aliphatic heterocycles. The highest BCUT2D eigenvalue weighted by Crippen LogP contribution is 2.30. The van der Waals surface area contributed by atoms with Crippen LogP contribution in [0.15, 0.2) is 48.5 Å². The maximum absolute atomic E-state index is 12.8. The number of carbonyl (C=O) groups is 1. The fourth-order valence-electron chi connectivity index (χ4n) is 3.72. The first-order chi connectivity index (χ1) is 13.2. The van der Waals surface area contributed by atoms with E-state index in [2.05, 4.69) is 0 Å². The summed E-state index contributed by atoms with van der Waals surface area (Å²) in [5.41, 5.74) is 1.73. The number of benzene rings is 2. The van der Waals surface area contributed by atoms with Crippen LogP contribution in [0.1, 0.15) is 48.0 Å². The Balaban J connectivity index is 1.64. The van der Waals surface area contributed by atoms with Gasteiger partial charge in [-0.2, -0.15) is 0 Å². The number of methoxy groups -OCH3 is 1. The van der Waals surface area contributed by atoms with Crippen LogP contribution < -0.4 is 9.47 Å². The summed E-state index contributed by atoms with van der Waals surface area (Å²) in [6.45, 7) is 1.29. The van der Waals surface area contributed by atoms with Crippen molar-refractivity contribution in [2.75, 3.05) is 20.7 Å². The molecule has 0 heterocycles. The molecule has 0 spiro atoms. The van der Waals surface area contributed by atoms with E-state index >= 15 is 0 Å². The number of carbonyl (C=O) groups excluding carboxylic acids is 1. The van der Waals surface area contributed by atoms with E-state index in [1.54, 1.807) is 13.2 Å². The van der Waals surface area contributed by atoms with Crippen LogP contribution in [0.25, 0.3) is 0 Å². The van der Waals surface area contributed by atoms with Crippen molar-refractivity contribution in [1.29, 1.82) is 0 Å². The van der Waals surface area contributed by atoms with Crippen molar-refractivity contribution in [3.8, 4) is 11.5 Å². The van der Waals surface area contributed by atoms with Gasteiger partial charge in [0, 0.05) is 19.2 Å². The first-order valence-corrected chi connectivity index (χ1v) is 9.77. The van der Waals surface area contributed by atoms with E-state index < -0.39 is 0 Å². The van der Waals surface area contributed by atoms with Gasteiger partial charge in [-0.1, -0.05) is 49.6 Å². The molecule has 0 saturated heterocycles. The highest BCUT2D eigenvalue weighted by atomic mass is 16.5. The van der Waals surface area contributed by atoms with E-state index in [9.17, 15) is 4.79 Å². The van der Waals surface area contributed by atoms with Crippen LogP contribution in [-0.4, -0.2) is 31.5 Å². The maximum Gasteiger partial charge on any atom is 0.253 e. The molecule has 1 fully saturated rings. The third-order valence-corrected chi connectivity index (χ3v) is 5.25. The van der Waals surface area contributed by atoms with Crippen LogP contribution in [0.3, 0.4) is 0 Å². The molecular weight excluding hydrogens is 338 g/mol. The Morgan fingerprint density at radius 1 is 1.04 bits per heavy atom. The van der Waals surface area contributed by atoms with Crippen LogP contribution >= 0.6 is 0 Å². The number of rotatable bonds is 7. The smallest absolute Gasteiger partial charge is 0.253 e. The van der Waals surface area contributed by atoms with Crippen LogP contribution in [0.2, 0.25) is 0 Å². The lowest BCUT2D eigenvalue weighted by atomic mass is 9.89. The van der Waals surface area contributed by atoms with E-state index in [4.69, 9.17) is 9.47 Å². The zero-order chi connectivity index (χ0) is 19.1. The zero-order valence-electron chi connectivity index (χ0n) is 16.3. The standard InChI is InChI=1S/C23H29NO3/c1-24(16-18-9-5-3-6-10-18)23(25)20-13-14-21(22(15-20)26-2)27-17-19-11-7-4-8-12-19/h4,7-8,11-15,18H,3,5-6,9-10,16-17H2,1-2H3. The Kier molecular flexibility index (Phi) is 6.74. The van der Waals surface area contributed by atoms with Gasteiger partial charge in [-0.3, -0.25) is 4.79 Å². The highest BCUT2D eigenvalue weighted by molar-refractivity contribution is 5.94. The van der Waals surface area contributed by atoms with Gasteiger partial charge in [0.1, 0.15) is 6.61 Å². The Bertz CT molecular complexity index is 739. The van der Waals surface area contributed by atoms with Crippen LogP contribution in [-0.2, 0) is 6.61 Å². The van der Waals surface area contributed by atoms with E-state index in [0.29, 0.717) is 29.6 Å². The molecule has 0 unspecified atom stereocenters. The predicted molar refractivity (Wildman–Crippen MR) is 107 cm³/mol. The summed E-state index contributed by atoms with van der Waals surface area (Å²) in [5.74, 6) is 1.90. The summed E-state index contributed by atoms with van der Waals surface area (Å²) in [7, 11) is 3.49. The van der Waals surface area contributed by atoms with E-state index in [0.717, 1.165) is 12.1 Å². The molecule has 0 aromatic heterocycles. The predicted octanol–water partition coefficient (Wildman–Crippen LogP) is 4.93. The molecule has 2 aromatic rings. The molecule has 1 aliphatic carbocycles. The lowest BCUT2D eigenvalue weighted by molar-refractivity contribution is 0.0760. The summed E-state index contributed by atoms with van der Waals surface area (Å²) >= 11 is 0. The molecule has 2 aromatic carbocycles. The SMILES string of the molecule is COc1cc(C(=O)N(C)CC2CCCCC2)ccc1OCc1ccccc1. The fourth-order valence-corrected chi connectivity index (χ4v) is 3.72. The van der Waals surface area contributed by atoms with Crippen molar-refractivity contribution in [2.24, 2.45) is 5.92 Å². The number of hydrogen-bond acceptors (Lipinski definition) is 3. The van der Waals surface area contributed by atoms with Crippen molar-refractivity contribution in [1.82, 2.24) is 4.90 Å². The first kappa shape index (κ1) is 19.3. The number of ether oxygens (including phenoxy) is 2. The molecule has 1 saturated carbocycles. The van der Waals surface area contributed by atoms with Crippen molar-refractivity contribution < 1.29 is 14.3 Å². The van der Waals surface area contributed by atoms with Crippen molar-refractivity contribution in [2.45, 2.75) is 38.7 Å². The summed E-state index contributed by atoms with van der Waals surface area (Å²) in [6, 6.07) is 15.4. The van der Waals surface area contributed by atoms with Crippen molar-refractivity contribution in [3.63, 3.8) is 0 Å². The average molecular weight is 367 g/mol. The molecule has 27 heavy (non-hydrogen) atoms. The largest absolute Gasteiger partial charge is 0.493 e. The Morgan fingerprint density at radius 2 is 1.78 bits per heavy atom. The molecule has 1 amide bonds. The van der Waals surface area contributed by atoms with Gasteiger partial charge >= 0.3 is 0 Å². The van der Waals surface area contributed by atoms with E-state index in [-0.39, 0.29) is 5.91 Å². The van der Waals surface area contributed by atoms with Gasteiger partial charge in [0.05, 0.1) is 7.11 Å². The Hall–Kier alpha value is -2.49. The second-order valence-corrected chi connectivity index (χ2v) is 7.33. The second-order valence-electron chi connectivity index (χ2n) is 7.33. The zero-order valence-corrected chi connectivity index (χ0v) is 16.3. The summed E-state index contributed by atoms with van der Waals surface area (Å²) in [4.78, 5) is 14.6. The lowest BCUT2D eigenvalue weighted by Gasteiger charge is -2.27. The van der Waals surface area contributed by atoms with Gasteiger partial charge in [0.25, 0.3) is 5.91 Å². The molecule has 0 N–H and O–H groups in total. The molecule has 1 aliphatic rings. The molecule has 4 heteroatoms. The normalized spacial score (nSPS) is 14.6. The average Bonchev–Trinajstić information content (AvgIpc) is 2.73. The highest BCUT2D eigenvalue weighted by Gasteiger charge is 2.20. The van der Waals surface area contributed by atoms with Gasteiger partial charge in [-0.25, -0.2) is 0 Å². The third-order valence-electron chi connectivity index (χ3n) is 5.25. The van der Waals surface area contributed by atoms with Crippen molar-refractivity contribution in [3.05, 3.63) is 59.7 Å². The van der Waals surface area contributed by atoms with Gasteiger partial charge < -0.3 is 14.4 Å². The minimum atomic E-state index is 0.0356. The molecular formula is C23H29NO3. The molecule has 4 nitrogen and oxygen atoms in total. The van der Waals surface area contributed by atoms with Crippen LogP contribution in [0, 0.1) is 5.92 Å². The monoisotopic (exact) mass is 367 g/mol. The Labute approximate surface area is 162 Å². The van der Waals surface area contributed by atoms with Gasteiger partial charge in [0.15, 0.2) is 11.5 Å². The van der Waals surface area contributed by atoms with Crippen molar-refractivity contribution >= 4 is 5.91 Å². The number of hydrogen-bond donors (Lipinski definition) is 0. The Morgan fingerprint density at radius 3 is 2.48 bits per heavy atom. The quantitative estimate of drug-likeness (QED) is 0.697. The van der Waals surface area contributed by atoms with Gasteiger partial charge in [-0.15, -0.1) is 0 Å². The second kappa shape index (κ2) is 9.45. The van der Waals surface area contributed by atoms with Crippen LogP contribution in [0.5, 0.6) is 11.5 Å². The molecule has 0 radical (unpaired) electrons. The van der Waals surface area contributed by atoms with E-state index in [1.807, 2.05) is 54.4 Å². The first-order valence-electron chi connectivity index (χ1n) is 9.77. The van der Waals surface area contributed by atoms with Crippen LogP contribution in [0.4, 0.5) is 0 Å². The number of nitrogens with zero attached hydrogens (tertiary/aromatic N) is 1. The third kappa shape index (κ3) is 5.25. The van der Waals surface area contributed by atoms with E-state index in [1.165, 1.54) is 32.1 Å². The fraction of sp³-hybridized carbons (Fsp3) is 0.435. The molecule has 144 valence electrons. The summed E-state index contributed by atoms with van der Waals surface area (Å²) < 4.78 is 11.3. The molecule has 3 rings (SSSR count). The topological polar surface area (TPSA) is 38.8 Å². The lowest BCUT2D eigenvalue weighted by Crippen LogP contribution is -2.32. The summed E-state index contributed by atoms with van der Waals surface area (Å²) in [6.07, 6.45) is 6.36.